The molecule has 1 atom stereocenters. The molecular weight excluding hydrogens is 507 g/mol. The molecule has 0 bridgehead atoms. The second kappa shape index (κ2) is 11.0. The van der Waals surface area contributed by atoms with Gasteiger partial charge in [0.2, 0.25) is 5.91 Å². The van der Waals surface area contributed by atoms with E-state index in [2.05, 4.69) is 15.2 Å². The lowest BCUT2D eigenvalue weighted by Gasteiger charge is -2.29. The number of hydrogen-bond donors (Lipinski definition) is 1. The van der Waals surface area contributed by atoms with Gasteiger partial charge in [0.05, 0.1) is 24.2 Å². The monoisotopic (exact) mass is 531 g/mol. The zero-order valence-electron chi connectivity index (χ0n) is 20.0. The second-order valence-corrected chi connectivity index (χ2v) is 9.24. The number of anilines is 1. The Labute approximate surface area is 215 Å². The fourth-order valence-corrected chi connectivity index (χ4v) is 4.56. The van der Waals surface area contributed by atoms with Crippen LogP contribution in [0.4, 0.5) is 18.9 Å². The molecule has 3 aromatic rings. The number of benzene rings is 2. The van der Waals surface area contributed by atoms with E-state index >= 15 is 0 Å². The average molecular weight is 532 g/mol. The molecule has 0 radical (unpaired) electrons. The van der Waals surface area contributed by atoms with Crippen molar-refractivity contribution >= 4 is 34.6 Å². The summed E-state index contributed by atoms with van der Waals surface area (Å²) in [5.74, 6) is -1.10. The zero-order chi connectivity index (χ0) is 26.6. The van der Waals surface area contributed by atoms with Gasteiger partial charge in [-0.3, -0.25) is 9.59 Å². The van der Waals surface area contributed by atoms with Gasteiger partial charge in [-0.05, 0) is 53.8 Å². The van der Waals surface area contributed by atoms with Gasteiger partial charge in [0.25, 0.3) is 5.91 Å². The van der Waals surface area contributed by atoms with Crippen LogP contribution in [0.1, 0.15) is 40.6 Å². The summed E-state index contributed by atoms with van der Waals surface area (Å²) in [7, 11) is 1.25. The number of halogens is 3. The number of thiophene rings is 1. The van der Waals surface area contributed by atoms with E-state index in [1.165, 1.54) is 41.7 Å². The molecule has 1 aliphatic heterocycles. The summed E-state index contributed by atoms with van der Waals surface area (Å²) in [5, 5.41) is 10.6. The molecule has 11 heteroatoms. The van der Waals surface area contributed by atoms with Crippen molar-refractivity contribution in [3.8, 4) is 11.5 Å². The lowest BCUT2D eigenvalue weighted by molar-refractivity contribution is -0.275. The molecule has 1 N–H and O–H groups in total. The molecule has 1 unspecified atom stereocenters. The molecule has 37 heavy (non-hydrogen) atoms. The maximum Gasteiger partial charge on any atom is 0.573 e. The van der Waals surface area contributed by atoms with Gasteiger partial charge >= 0.3 is 6.36 Å². The van der Waals surface area contributed by atoms with Gasteiger partial charge in [-0.1, -0.05) is 25.1 Å². The van der Waals surface area contributed by atoms with E-state index < -0.39 is 12.1 Å². The van der Waals surface area contributed by atoms with Crippen molar-refractivity contribution in [2.45, 2.75) is 32.7 Å². The summed E-state index contributed by atoms with van der Waals surface area (Å²) in [4.78, 5) is 25.7. The lowest BCUT2D eigenvalue weighted by atomic mass is 9.89. The predicted molar refractivity (Wildman–Crippen MR) is 134 cm³/mol. The molecule has 2 heterocycles. The van der Waals surface area contributed by atoms with Crippen LogP contribution in [-0.4, -0.2) is 36.0 Å². The number of amides is 2. The smallest absolute Gasteiger partial charge is 0.493 e. The molecule has 2 amide bonds. The molecule has 0 fully saturated rings. The topological polar surface area (TPSA) is 80.2 Å². The summed E-state index contributed by atoms with van der Waals surface area (Å²) < 4.78 is 47.3. The molecular formula is C26H24F3N3O4S. The van der Waals surface area contributed by atoms with Gasteiger partial charge in [-0.25, -0.2) is 5.01 Å². The van der Waals surface area contributed by atoms with Crippen LogP contribution in [0, 0.1) is 5.92 Å². The van der Waals surface area contributed by atoms with Crippen molar-refractivity contribution in [3.05, 3.63) is 76.0 Å². The van der Waals surface area contributed by atoms with Crippen LogP contribution in [-0.2, 0) is 11.3 Å². The quantitative estimate of drug-likeness (QED) is 0.383. The Bertz CT molecular complexity index is 1290. The summed E-state index contributed by atoms with van der Waals surface area (Å²) in [5.41, 5.74) is 2.55. The molecule has 1 aromatic heterocycles. The van der Waals surface area contributed by atoms with Gasteiger partial charge in [0.1, 0.15) is 0 Å². The van der Waals surface area contributed by atoms with Gasteiger partial charge in [0, 0.05) is 23.6 Å². The third kappa shape index (κ3) is 6.48. The number of carbonyl (C=O) groups excluding carboxylic acids is 2. The molecule has 7 nitrogen and oxygen atoms in total. The first-order valence-electron chi connectivity index (χ1n) is 11.4. The number of carbonyl (C=O) groups is 2. The van der Waals surface area contributed by atoms with E-state index in [0.29, 0.717) is 28.3 Å². The predicted octanol–water partition coefficient (Wildman–Crippen LogP) is 6.07. The second-order valence-electron chi connectivity index (χ2n) is 8.29. The van der Waals surface area contributed by atoms with Crippen molar-refractivity contribution in [1.29, 1.82) is 0 Å². The molecule has 0 spiro atoms. The van der Waals surface area contributed by atoms with Gasteiger partial charge in [-0.15, -0.1) is 24.5 Å². The van der Waals surface area contributed by atoms with Gasteiger partial charge in [0.15, 0.2) is 11.5 Å². The van der Waals surface area contributed by atoms with Crippen LogP contribution in [0.2, 0.25) is 0 Å². The van der Waals surface area contributed by atoms with Crippen molar-refractivity contribution in [2.24, 2.45) is 11.0 Å². The maximum atomic E-state index is 12.8. The minimum absolute atomic E-state index is 0.0870. The van der Waals surface area contributed by atoms with Crippen molar-refractivity contribution in [1.82, 2.24) is 5.01 Å². The highest BCUT2D eigenvalue weighted by Crippen LogP contribution is 2.35. The first-order valence-corrected chi connectivity index (χ1v) is 12.3. The third-order valence-electron chi connectivity index (χ3n) is 5.79. The van der Waals surface area contributed by atoms with Crippen molar-refractivity contribution in [3.63, 3.8) is 0 Å². The van der Waals surface area contributed by atoms with E-state index in [1.807, 2.05) is 12.3 Å². The number of alkyl halides is 3. The molecule has 1 aliphatic rings. The highest BCUT2D eigenvalue weighted by molar-refractivity contribution is 7.12. The summed E-state index contributed by atoms with van der Waals surface area (Å²) in [6.45, 7) is 2.12. The number of hydrazone groups is 1. The van der Waals surface area contributed by atoms with Crippen LogP contribution >= 0.6 is 11.3 Å². The first-order chi connectivity index (χ1) is 17.7. The Balaban J connectivity index is 1.53. The van der Waals surface area contributed by atoms with Gasteiger partial charge < -0.3 is 14.8 Å². The Hall–Kier alpha value is -3.86. The number of nitrogens with one attached hydrogen (secondary N) is 1. The molecule has 0 aliphatic carbocycles. The largest absolute Gasteiger partial charge is 0.573 e. The minimum Gasteiger partial charge on any atom is -0.493 e. The Morgan fingerprint density at radius 3 is 2.54 bits per heavy atom. The van der Waals surface area contributed by atoms with Gasteiger partial charge in [-0.2, -0.15) is 5.10 Å². The highest BCUT2D eigenvalue weighted by Gasteiger charge is 2.34. The number of hydrogen-bond acceptors (Lipinski definition) is 6. The fraction of sp³-hybridized carbons (Fsp3) is 0.269. The number of methoxy groups -OCH3 is 1. The maximum absolute atomic E-state index is 12.8. The van der Waals surface area contributed by atoms with E-state index in [1.54, 1.807) is 36.4 Å². The minimum atomic E-state index is -4.85. The Kier molecular flexibility index (Phi) is 7.82. The zero-order valence-corrected chi connectivity index (χ0v) is 20.9. The van der Waals surface area contributed by atoms with E-state index in [0.717, 1.165) is 5.56 Å². The molecule has 194 valence electrons. The number of rotatable bonds is 8. The Morgan fingerprint density at radius 2 is 1.92 bits per heavy atom. The molecule has 4 rings (SSSR count). The fourth-order valence-electron chi connectivity index (χ4n) is 3.94. The van der Waals surface area contributed by atoms with Crippen LogP contribution in [0.25, 0.3) is 0 Å². The number of nitrogens with zero attached hydrogens (tertiary/aromatic N) is 2. The summed E-state index contributed by atoms with van der Waals surface area (Å²) >= 11 is 1.35. The van der Waals surface area contributed by atoms with E-state index in [4.69, 9.17) is 4.74 Å². The molecule has 0 saturated carbocycles. The summed E-state index contributed by atoms with van der Waals surface area (Å²) in [6.07, 6.45) is -4.01. The van der Waals surface area contributed by atoms with E-state index in [9.17, 15) is 22.8 Å². The Morgan fingerprint density at radius 1 is 1.16 bits per heavy atom. The van der Waals surface area contributed by atoms with E-state index in [-0.39, 0.29) is 36.4 Å². The first kappa shape index (κ1) is 26.2. The lowest BCUT2D eigenvalue weighted by Crippen LogP contribution is -2.36. The average Bonchev–Trinajstić information content (AvgIpc) is 3.41. The van der Waals surface area contributed by atoms with Crippen LogP contribution in [0.3, 0.4) is 0 Å². The number of ether oxygens (including phenoxy) is 2. The van der Waals surface area contributed by atoms with Crippen molar-refractivity contribution < 1.29 is 32.2 Å². The third-order valence-corrected chi connectivity index (χ3v) is 6.66. The van der Waals surface area contributed by atoms with Crippen LogP contribution in [0.15, 0.2) is 65.1 Å². The van der Waals surface area contributed by atoms with Crippen LogP contribution in [0.5, 0.6) is 11.5 Å². The summed E-state index contributed by atoms with van der Waals surface area (Å²) in [6, 6.07) is 14.7. The highest BCUT2D eigenvalue weighted by atomic mass is 32.1. The standard InChI is InChI=1S/C26H24F3N3O4S/c1-3-17-14-23(33)32(15-16-6-9-19(10-7-16)30-25(34)22-5-4-12-37-22)31-24(17)18-8-11-20(21(13-18)35-2)36-26(27,28)29/h4-13,17H,3,14-15H2,1-2H3,(H,30,34). The van der Waals surface area contributed by atoms with Crippen molar-refractivity contribution in [2.75, 3.05) is 12.4 Å². The SMILES string of the molecule is CCC1CC(=O)N(Cc2ccc(NC(=O)c3cccs3)cc2)N=C1c1ccc(OC(F)(F)F)c(OC)c1. The normalized spacial score (nSPS) is 15.8. The van der Waals surface area contributed by atoms with Crippen LogP contribution < -0.4 is 14.8 Å². The molecule has 2 aromatic carbocycles. The molecule has 0 saturated heterocycles.